The van der Waals surface area contributed by atoms with Crippen LogP contribution in [0.3, 0.4) is 0 Å². The van der Waals surface area contributed by atoms with Crippen molar-refractivity contribution in [2.45, 2.75) is 38.3 Å². The predicted molar refractivity (Wildman–Crippen MR) is 75.6 cm³/mol. The number of aliphatic hydroxyl groups excluding tert-OH is 1. The first kappa shape index (κ1) is 15.1. The van der Waals surface area contributed by atoms with Gasteiger partial charge in [0.25, 0.3) is 0 Å². The summed E-state index contributed by atoms with van der Waals surface area (Å²) in [7, 11) is 0. The Bertz CT molecular complexity index is 452. The summed E-state index contributed by atoms with van der Waals surface area (Å²) in [5.74, 6) is 0. The molecule has 1 aliphatic rings. The Hall–Kier alpha value is -1.33. The van der Waals surface area contributed by atoms with Crippen molar-refractivity contribution in [2.24, 2.45) is 0 Å². The largest absolute Gasteiger partial charge is 0.450 e. The fourth-order valence-electron chi connectivity index (χ4n) is 2.51. The number of rotatable bonds is 4. The van der Waals surface area contributed by atoms with Crippen LogP contribution in [0.1, 0.15) is 37.9 Å². The van der Waals surface area contributed by atoms with Crippen molar-refractivity contribution >= 4 is 17.7 Å². The Morgan fingerprint density at radius 2 is 2.45 bits per heavy atom. The second-order valence-electron chi connectivity index (χ2n) is 4.85. The maximum absolute atomic E-state index is 11.8. The first-order valence-electron chi connectivity index (χ1n) is 6.84. The summed E-state index contributed by atoms with van der Waals surface area (Å²) in [6.07, 6.45) is 2.93. The van der Waals surface area contributed by atoms with Crippen molar-refractivity contribution in [3.05, 3.63) is 29.0 Å². The molecule has 0 spiro atoms. The molecular weight excluding hydrogens is 280 g/mol. The Kier molecular flexibility index (Phi) is 5.20. The van der Waals surface area contributed by atoms with E-state index in [1.54, 1.807) is 30.2 Å². The molecule has 2 atom stereocenters. The van der Waals surface area contributed by atoms with Crippen LogP contribution in [0.25, 0.3) is 0 Å². The van der Waals surface area contributed by atoms with Gasteiger partial charge in [0.1, 0.15) is 5.15 Å². The third kappa shape index (κ3) is 3.61. The summed E-state index contributed by atoms with van der Waals surface area (Å²) in [6, 6.07) is 3.42. The van der Waals surface area contributed by atoms with Crippen LogP contribution in [0.4, 0.5) is 4.79 Å². The molecule has 1 amide bonds. The van der Waals surface area contributed by atoms with Gasteiger partial charge in [-0.1, -0.05) is 17.7 Å². The van der Waals surface area contributed by atoms with Crippen LogP contribution in [-0.4, -0.2) is 40.3 Å². The number of aromatic nitrogens is 1. The molecule has 1 N–H and O–H groups in total. The van der Waals surface area contributed by atoms with E-state index in [1.165, 1.54) is 0 Å². The minimum Gasteiger partial charge on any atom is -0.450 e. The lowest BCUT2D eigenvalue weighted by Crippen LogP contribution is -2.36. The molecule has 2 rings (SSSR count). The van der Waals surface area contributed by atoms with E-state index in [4.69, 9.17) is 16.3 Å². The number of carbonyl (C=O) groups excluding carboxylic acids is 1. The summed E-state index contributed by atoms with van der Waals surface area (Å²) in [6.45, 7) is 2.85. The van der Waals surface area contributed by atoms with E-state index in [1.807, 2.05) is 0 Å². The van der Waals surface area contributed by atoms with Crippen molar-refractivity contribution in [2.75, 3.05) is 13.2 Å². The summed E-state index contributed by atoms with van der Waals surface area (Å²) in [4.78, 5) is 17.5. The van der Waals surface area contributed by atoms with Crippen molar-refractivity contribution in [3.8, 4) is 0 Å². The highest BCUT2D eigenvalue weighted by Gasteiger charge is 2.31. The molecule has 0 bridgehead atoms. The van der Waals surface area contributed by atoms with Gasteiger partial charge >= 0.3 is 6.09 Å². The topological polar surface area (TPSA) is 62.7 Å². The molecule has 0 saturated carbocycles. The van der Waals surface area contributed by atoms with E-state index in [2.05, 4.69) is 4.98 Å². The molecule has 0 aliphatic carbocycles. The van der Waals surface area contributed by atoms with Gasteiger partial charge in [0, 0.05) is 18.8 Å². The summed E-state index contributed by atoms with van der Waals surface area (Å²) in [5.41, 5.74) is 0.713. The number of ether oxygens (including phenoxy) is 1. The van der Waals surface area contributed by atoms with Crippen LogP contribution in [0.15, 0.2) is 18.3 Å². The summed E-state index contributed by atoms with van der Waals surface area (Å²) in [5, 5.41) is 10.6. The zero-order valence-electron chi connectivity index (χ0n) is 11.5. The predicted octanol–water partition coefficient (Wildman–Crippen LogP) is 2.78. The first-order valence-corrected chi connectivity index (χ1v) is 7.22. The second-order valence-corrected chi connectivity index (χ2v) is 5.24. The molecule has 110 valence electrons. The van der Waals surface area contributed by atoms with Crippen LogP contribution >= 0.6 is 11.6 Å². The van der Waals surface area contributed by atoms with E-state index in [0.29, 0.717) is 30.3 Å². The number of hydrogen-bond donors (Lipinski definition) is 1. The molecule has 6 heteroatoms. The van der Waals surface area contributed by atoms with Gasteiger partial charge in [-0.3, -0.25) is 0 Å². The van der Waals surface area contributed by atoms with E-state index in [-0.39, 0.29) is 12.1 Å². The molecule has 1 aromatic rings. The number of amides is 1. The Morgan fingerprint density at radius 1 is 1.65 bits per heavy atom. The van der Waals surface area contributed by atoms with Gasteiger partial charge in [-0.05, 0) is 37.8 Å². The maximum Gasteiger partial charge on any atom is 0.409 e. The molecule has 20 heavy (non-hydrogen) atoms. The number of aliphatic hydroxyl groups is 1. The number of pyridine rings is 1. The molecule has 0 aromatic carbocycles. The van der Waals surface area contributed by atoms with Gasteiger partial charge < -0.3 is 14.7 Å². The number of halogens is 1. The second kappa shape index (κ2) is 6.90. The fourth-order valence-corrected chi connectivity index (χ4v) is 2.62. The number of carbonyl (C=O) groups is 1. The van der Waals surface area contributed by atoms with Crippen LogP contribution in [0.5, 0.6) is 0 Å². The van der Waals surface area contributed by atoms with Crippen LogP contribution < -0.4 is 0 Å². The minimum absolute atomic E-state index is 0.0136. The van der Waals surface area contributed by atoms with Crippen molar-refractivity contribution < 1.29 is 14.6 Å². The number of likely N-dealkylation sites (tertiary alicyclic amines) is 1. The van der Waals surface area contributed by atoms with Crippen molar-refractivity contribution in [1.29, 1.82) is 0 Å². The molecule has 2 unspecified atom stereocenters. The van der Waals surface area contributed by atoms with Gasteiger partial charge in [-0.2, -0.15) is 0 Å². The lowest BCUT2D eigenvalue weighted by atomic mass is 10.0. The van der Waals surface area contributed by atoms with Crippen LogP contribution in [0, 0.1) is 0 Å². The minimum atomic E-state index is -0.653. The molecule has 0 radical (unpaired) electrons. The van der Waals surface area contributed by atoms with Crippen molar-refractivity contribution in [1.82, 2.24) is 9.88 Å². The lowest BCUT2D eigenvalue weighted by molar-refractivity contribution is 0.0839. The van der Waals surface area contributed by atoms with Crippen LogP contribution in [-0.2, 0) is 4.74 Å². The Morgan fingerprint density at radius 3 is 3.10 bits per heavy atom. The molecule has 1 aromatic heterocycles. The van der Waals surface area contributed by atoms with Gasteiger partial charge in [0.05, 0.1) is 12.7 Å². The molecule has 1 aliphatic heterocycles. The standard InChI is InChI=1S/C14H19ClN2O3/c1-2-20-14(19)17-7-3-4-11(17)8-12(18)10-5-6-13(15)16-9-10/h5-6,9,11-12,18H,2-4,7-8H2,1H3. The third-order valence-electron chi connectivity index (χ3n) is 3.51. The highest BCUT2D eigenvalue weighted by molar-refractivity contribution is 6.29. The van der Waals surface area contributed by atoms with Gasteiger partial charge in [-0.15, -0.1) is 0 Å². The number of nitrogens with zero attached hydrogens (tertiary/aromatic N) is 2. The molecule has 1 fully saturated rings. The molecule has 5 nitrogen and oxygen atoms in total. The quantitative estimate of drug-likeness (QED) is 0.868. The van der Waals surface area contributed by atoms with Gasteiger partial charge in [-0.25, -0.2) is 9.78 Å². The monoisotopic (exact) mass is 298 g/mol. The SMILES string of the molecule is CCOC(=O)N1CCCC1CC(O)c1ccc(Cl)nc1. The lowest BCUT2D eigenvalue weighted by Gasteiger charge is -2.25. The summed E-state index contributed by atoms with van der Waals surface area (Å²) >= 11 is 5.72. The van der Waals surface area contributed by atoms with Crippen molar-refractivity contribution in [3.63, 3.8) is 0 Å². The zero-order valence-corrected chi connectivity index (χ0v) is 12.2. The van der Waals surface area contributed by atoms with E-state index in [9.17, 15) is 9.90 Å². The van der Waals surface area contributed by atoms with E-state index < -0.39 is 6.10 Å². The smallest absolute Gasteiger partial charge is 0.409 e. The average molecular weight is 299 g/mol. The van der Waals surface area contributed by atoms with Crippen LogP contribution in [0.2, 0.25) is 5.15 Å². The highest BCUT2D eigenvalue weighted by atomic mass is 35.5. The maximum atomic E-state index is 11.8. The van der Waals surface area contributed by atoms with E-state index in [0.717, 1.165) is 12.8 Å². The normalized spacial score (nSPS) is 19.9. The number of hydrogen-bond acceptors (Lipinski definition) is 4. The average Bonchev–Trinajstić information content (AvgIpc) is 2.88. The highest BCUT2D eigenvalue weighted by Crippen LogP contribution is 2.27. The third-order valence-corrected chi connectivity index (χ3v) is 3.73. The van der Waals surface area contributed by atoms with E-state index >= 15 is 0 Å². The Labute approximate surface area is 123 Å². The molecule has 1 saturated heterocycles. The molecular formula is C14H19ClN2O3. The Balaban J connectivity index is 1.97. The zero-order chi connectivity index (χ0) is 14.5. The summed E-state index contributed by atoms with van der Waals surface area (Å²) < 4.78 is 5.03. The van der Waals surface area contributed by atoms with Gasteiger partial charge in [0.15, 0.2) is 0 Å². The molecule has 2 heterocycles. The van der Waals surface area contributed by atoms with Gasteiger partial charge in [0.2, 0.25) is 0 Å². The fraction of sp³-hybridized carbons (Fsp3) is 0.571. The first-order chi connectivity index (χ1) is 9.61.